The number of nitrogens with two attached hydrogens (primary N) is 1. The molecule has 1 heterocycles. The first kappa shape index (κ1) is 11.1. The third-order valence-electron chi connectivity index (χ3n) is 2.78. The number of halogens is 1. The number of hydrogen-bond acceptors (Lipinski definition) is 2. The first-order chi connectivity index (χ1) is 7.75. The third-order valence-corrected chi connectivity index (χ3v) is 2.78. The highest BCUT2D eigenvalue weighted by Gasteiger charge is 2.28. The van der Waals surface area contributed by atoms with Crippen LogP contribution in [0, 0.1) is 5.82 Å². The maximum Gasteiger partial charge on any atom is 0.127 e. The van der Waals surface area contributed by atoms with Crippen LogP contribution in [-0.4, -0.2) is 16.8 Å². The molecule has 2 aromatic rings. The number of fused-ring (bicyclic) bond motifs is 1. The lowest BCUT2D eigenvalue weighted by Gasteiger charge is -2.00. The van der Waals surface area contributed by atoms with Crippen LogP contribution < -0.4 is 5.73 Å². The van der Waals surface area contributed by atoms with Crippen molar-refractivity contribution in [1.82, 2.24) is 9.78 Å². The van der Waals surface area contributed by atoms with E-state index in [1.807, 2.05) is 13.2 Å². The van der Waals surface area contributed by atoms with Crippen LogP contribution in [-0.2, 0) is 7.05 Å². The van der Waals surface area contributed by atoms with Crippen LogP contribution in [0.25, 0.3) is 10.9 Å². The van der Waals surface area contributed by atoms with E-state index in [2.05, 4.69) is 10.8 Å². The molecule has 0 saturated heterocycles. The number of hydrogen-bond donors (Lipinski definition) is 1. The molecule has 0 spiro atoms. The van der Waals surface area contributed by atoms with E-state index < -0.39 is 0 Å². The Balaban J connectivity index is 0.000000457. The Bertz CT molecular complexity index is 500. The zero-order chi connectivity index (χ0) is 11.7. The maximum atomic E-state index is 13.6. The average Bonchev–Trinajstić information content (AvgIpc) is 3.03. The number of aryl methyl sites for hydroxylation is 1. The van der Waals surface area contributed by atoms with Gasteiger partial charge in [-0.15, -0.1) is 0 Å². The fourth-order valence-corrected chi connectivity index (χ4v) is 1.99. The molecule has 1 fully saturated rings. The predicted octanol–water partition coefficient (Wildman–Crippen LogP) is 2.16. The molecule has 1 aliphatic carbocycles. The Hall–Kier alpha value is -1.42. The topological polar surface area (TPSA) is 43.8 Å². The lowest BCUT2D eigenvalue weighted by molar-refractivity contribution is 0.614. The van der Waals surface area contributed by atoms with Gasteiger partial charge in [-0.3, -0.25) is 4.68 Å². The fourth-order valence-electron chi connectivity index (χ4n) is 1.99. The van der Waals surface area contributed by atoms with Crippen LogP contribution in [0.3, 0.4) is 0 Å². The van der Waals surface area contributed by atoms with Gasteiger partial charge in [0.05, 0.1) is 5.52 Å². The van der Waals surface area contributed by atoms with Gasteiger partial charge in [0.15, 0.2) is 0 Å². The van der Waals surface area contributed by atoms with Crippen LogP contribution in [0.4, 0.5) is 4.39 Å². The van der Waals surface area contributed by atoms with E-state index in [4.69, 9.17) is 0 Å². The average molecular weight is 221 g/mol. The number of nitrogens with zero attached hydrogens (tertiary/aromatic N) is 2. The number of benzene rings is 1. The molecule has 3 rings (SSSR count). The van der Waals surface area contributed by atoms with E-state index in [9.17, 15) is 4.39 Å². The molecular weight excluding hydrogens is 205 g/mol. The van der Waals surface area contributed by atoms with Gasteiger partial charge in [0.1, 0.15) is 5.82 Å². The Morgan fingerprint density at radius 1 is 1.38 bits per heavy atom. The molecule has 3 nitrogen and oxygen atoms in total. The van der Waals surface area contributed by atoms with Gasteiger partial charge in [0, 0.05) is 24.2 Å². The molecule has 1 aromatic carbocycles. The molecule has 0 amide bonds. The van der Waals surface area contributed by atoms with Gasteiger partial charge in [-0.1, -0.05) is 0 Å². The number of aromatic nitrogens is 2. The monoisotopic (exact) mass is 221 g/mol. The summed E-state index contributed by atoms with van der Waals surface area (Å²) in [5.41, 5.74) is 6.27. The molecule has 0 radical (unpaired) electrons. The van der Waals surface area contributed by atoms with Gasteiger partial charge < -0.3 is 5.73 Å². The van der Waals surface area contributed by atoms with Gasteiger partial charge in [-0.25, -0.2) is 4.39 Å². The molecule has 0 atom stereocenters. The van der Waals surface area contributed by atoms with E-state index in [0.717, 1.165) is 29.3 Å². The summed E-state index contributed by atoms with van der Waals surface area (Å²) in [6.45, 7) is 0. The van der Waals surface area contributed by atoms with E-state index >= 15 is 0 Å². The van der Waals surface area contributed by atoms with E-state index in [-0.39, 0.29) is 5.82 Å². The molecule has 0 unspecified atom stereocenters. The van der Waals surface area contributed by atoms with Crippen molar-refractivity contribution in [3.8, 4) is 0 Å². The van der Waals surface area contributed by atoms with Gasteiger partial charge >= 0.3 is 0 Å². The summed E-state index contributed by atoms with van der Waals surface area (Å²) in [6, 6.07) is 3.28. The Labute approximate surface area is 94.1 Å². The highest BCUT2D eigenvalue weighted by molar-refractivity contribution is 5.83. The summed E-state index contributed by atoms with van der Waals surface area (Å²) < 4.78 is 15.3. The van der Waals surface area contributed by atoms with Crippen molar-refractivity contribution < 1.29 is 4.39 Å². The van der Waals surface area contributed by atoms with Crippen molar-refractivity contribution in [3.63, 3.8) is 0 Å². The minimum absolute atomic E-state index is 0.0759. The summed E-state index contributed by atoms with van der Waals surface area (Å²) in [6.07, 6.45) is 4.14. The van der Waals surface area contributed by atoms with Crippen LogP contribution in [0.1, 0.15) is 24.3 Å². The molecule has 16 heavy (non-hydrogen) atoms. The SMILES string of the molecule is CN.Cn1cc2c(C3CC3)c(F)ccc2n1. The lowest BCUT2D eigenvalue weighted by Crippen LogP contribution is -1.87. The van der Waals surface area contributed by atoms with Crippen LogP contribution in [0.15, 0.2) is 18.3 Å². The summed E-state index contributed by atoms with van der Waals surface area (Å²) in [7, 11) is 3.37. The normalized spacial score (nSPS) is 14.8. The van der Waals surface area contributed by atoms with Crippen molar-refractivity contribution in [2.24, 2.45) is 12.8 Å². The van der Waals surface area contributed by atoms with Crippen LogP contribution in [0.5, 0.6) is 0 Å². The first-order valence-electron chi connectivity index (χ1n) is 5.45. The predicted molar refractivity (Wildman–Crippen MR) is 62.8 cm³/mol. The summed E-state index contributed by atoms with van der Waals surface area (Å²) in [5.74, 6) is 0.357. The Morgan fingerprint density at radius 2 is 2.06 bits per heavy atom. The zero-order valence-corrected chi connectivity index (χ0v) is 9.57. The molecule has 1 aromatic heterocycles. The van der Waals surface area contributed by atoms with Gasteiger partial charge in [0.25, 0.3) is 0 Å². The maximum absolute atomic E-state index is 13.6. The summed E-state index contributed by atoms with van der Waals surface area (Å²) in [4.78, 5) is 0. The summed E-state index contributed by atoms with van der Waals surface area (Å²) in [5, 5.41) is 5.26. The van der Waals surface area contributed by atoms with E-state index in [1.165, 1.54) is 13.1 Å². The minimum Gasteiger partial charge on any atom is -0.333 e. The van der Waals surface area contributed by atoms with Gasteiger partial charge in [-0.2, -0.15) is 5.10 Å². The second-order valence-corrected chi connectivity index (χ2v) is 3.97. The molecule has 1 aliphatic rings. The van der Waals surface area contributed by atoms with Gasteiger partial charge in [-0.05, 0) is 37.9 Å². The fraction of sp³-hybridized carbons (Fsp3) is 0.417. The minimum atomic E-state index is -0.0759. The molecule has 1 saturated carbocycles. The quantitative estimate of drug-likeness (QED) is 0.802. The van der Waals surface area contributed by atoms with E-state index in [1.54, 1.807) is 10.7 Å². The highest BCUT2D eigenvalue weighted by atomic mass is 19.1. The largest absolute Gasteiger partial charge is 0.333 e. The molecule has 0 aliphatic heterocycles. The Morgan fingerprint density at radius 3 is 2.69 bits per heavy atom. The standard InChI is InChI=1S/C11H11FN2.CH5N/c1-14-6-8-10(13-14)5-4-9(12)11(8)7-2-3-7;1-2/h4-7H,2-3H2,1H3;2H2,1H3. The smallest absolute Gasteiger partial charge is 0.127 e. The molecule has 0 bridgehead atoms. The van der Waals surface area contributed by atoms with Crippen molar-refractivity contribution in [3.05, 3.63) is 29.7 Å². The Kier molecular flexibility index (Phi) is 2.92. The highest BCUT2D eigenvalue weighted by Crippen LogP contribution is 2.44. The second-order valence-electron chi connectivity index (χ2n) is 3.97. The third kappa shape index (κ3) is 1.80. The van der Waals surface area contributed by atoms with Crippen molar-refractivity contribution in [2.45, 2.75) is 18.8 Å². The van der Waals surface area contributed by atoms with Crippen molar-refractivity contribution >= 4 is 10.9 Å². The molecule has 2 N–H and O–H groups in total. The first-order valence-corrected chi connectivity index (χ1v) is 5.45. The second kappa shape index (κ2) is 4.22. The van der Waals surface area contributed by atoms with Crippen molar-refractivity contribution in [1.29, 1.82) is 0 Å². The van der Waals surface area contributed by atoms with Crippen molar-refractivity contribution in [2.75, 3.05) is 7.05 Å². The summed E-state index contributed by atoms with van der Waals surface area (Å²) >= 11 is 0. The molecule has 4 heteroatoms. The number of rotatable bonds is 1. The van der Waals surface area contributed by atoms with Crippen LogP contribution >= 0.6 is 0 Å². The van der Waals surface area contributed by atoms with E-state index in [0.29, 0.717) is 5.92 Å². The zero-order valence-electron chi connectivity index (χ0n) is 9.57. The van der Waals surface area contributed by atoms with Gasteiger partial charge in [0.2, 0.25) is 0 Å². The van der Waals surface area contributed by atoms with Crippen LogP contribution in [0.2, 0.25) is 0 Å². The molecular formula is C12H16FN3. The molecule has 86 valence electrons. The lowest BCUT2D eigenvalue weighted by atomic mass is 10.1.